The molecule has 0 spiro atoms. The monoisotopic (exact) mass is 584 g/mol. The van der Waals surface area contributed by atoms with Crippen molar-refractivity contribution in [2.75, 3.05) is 35.8 Å². The van der Waals surface area contributed by atoms with Gasteiger partial charge >= 0.3 is 6.18 Å². The van der Waals surface area contributed by atoms with Gasteiger partial charge in [0.25, 0.3) is 5.91 Å². The number of carbonyl (C=O) groups excluding carboxylic acids is 1. The lowest BCUT2D eigenvalue weighted by Gasteiger charge is -2.37. The summed E-state index contributed by atoms with van der Waals surface area (Å²) in [6, 6.07) is 4.72. The van der Waals surface area contributed by atoms with Crippen LogP contribution >= 0.6 is 11.6 Å². The highest BCUT2D eigenvalue weighted by atomic mass is 35.5. The zero-order valence-corrected chi connectivity index (χ0v) is 22.0. The number of aromatic hydroxyl groups is 1. The van der Waals surface area contributed by atoms with E-state index >= 15 is 0 Å². The van der Waals surface area contributed by atoms with Gasteiger partial charge in [0.15, 0.2) is 25.3 Å². The van der Waals surface area contributed by atoms with E-state index in [1.54, 1.807) is 0 Å². The SMILES string of the molecule is CC(O)(C(NC(=O)c1ccccc1O)c1ccc(S(C)(=O)=O)c(N2CCS(=O)(=O)CC2)c1Cl)C(F)(F)F. The number of sulfone groups is 2. The van der Waals surface area contributed by atoms with Crippen molar-refractivity contribution in [3.63, 3.8) is 0 Å². The van der Waals surface area contributed by atoms with Crippen molar-refractivity contribution in [2.45, 2.75) is 29.6 Å². The van der Waals surface area contributed by atoms with Crippen molar-refractivity contribution < 1.29 is 45.0 Å². The van der Waals surface area contributed by atoms with Crippen molar-refractivity contribution in [3.8, 4) is 5.75 Å². The normalized spacial score (nSPS) is 18.6. The Morgan fingerprint density at radius 3 is 2.22 bits per heavy atom. The first-order valence-electron chi connectivity index (χ1n) is 10.7. The fraction of sp³-hybridized carbons (Fsp3) is 0.409. The molecule has 1 amide bonds. The summed E-state index contributed by atoms with van der Waals surface area (Å²) in [7, 11) is -7.40. The van der Waals surface area contributed by atoms with Gasteiger partial charge in [-0.2, -0.15) is 13.2 Å². The van der Waals surface area contributed by atoms with Crippen LogP contribution in [-0.4, -0.2) is 75.6 Å². The lowest BCUT2D eigenvalue weighted by Crippen LogP contribution is -2.53. The molecule has 0 saturated carbocycles. The number of phenols is 1. The number of carbonyl (C=O) groups is 1. The van der Waals surface area contributed by atoms with Gasteiger partial charge in [-0.05, 0) is 30.7 Å². The van der Waals surface area contributed by atoms with Gasteiger partial charge in [-0.1, -0.05) is 29.8 Å². The number of aliphatic hydroxyl groups is 1. The molecule has 0 radical (unpaired) electrons. The molecule has 2 aromatic carbocycles. The number of hydrogen-bond donors (Lipinski definition) is 3. The van der Waals surface area contributed by atoms with Crippen molar-refractivity contribution in [2.24, 2.45) is 0 Å². The van der Waals surface area contributed by atoms with Gasteiger partial charge in [0, 0.05) is 19.3 Å². The third kappa shape index (κ3) is 5.97. The van der Waals surface area contributed by atoms with Crippen molar-refractivity contribution in [1.82, 2.24) is 5.32 Å². The van der Waals surface area contributed by atoms with E-state index < -0.39 is 59.7 Å². The zero-order chi connectivity index (χ0) is 28.0. The highest BCUT2D eigenvalue weighted by Crippen LogP contribution is 2.46. The van der Waals surface area contributed by atoms with Crippen LogP contribution < -0.4 is 10.2 Å². The largest absolute Gasteiger partial charge is 0.507 e. The van der Waals surface area contributed by atoms with Gasteiger partial charge < -0.3 is 20.4 Å². The fourth-order valence-electron chi connectivity index (χ4n) is 3.87. The predicted octanol–water partition coefficient (Wildman–Crippen LogP) is 2.47. The second-order valence-corrected chi connectivity index (χ2v) is 13.5. The van der Waals surface area contributed by atoms with Gasteiger partial charge in [0.2, 0.25) is 0 Å². The Balaban J connectivity index is 2.22. The maximum Gasteiger partial charge on any atom is 0.419 e. The number of alkyl halides is 3. The average Bonchev–Trinajstić information content (AvgIpc) is 2.76. The molecule has 37 heavy (non-hydrogen) atoms. The first-order chi connectivity index (χ1) is 16.9. The molecule has 204 valence electrons. The lowest BCUT2D eigenvalue weighted by atomic mass is 9.88. The smallest absolute Gasteiger partial charge is 0.419 e. The van der Waals surface area contributed by atoms with Crippen LogP contribution in [0.3, 0.4) is 0 Å². The number of benzene rings is 2. The molecular formula is C22H24ClF3N2O7S2. The Hall–Kier alpha value is -2.55. The third-order valence-corrected chi connectivity index (χ3v) is 9.18. The first kappa shape index (κ1) is 29.0. The molecule has 1 fully saturated rings. The van der Waals surface area contributed by atoms with Crippen LogP contribution in [0.15, 0.2) is 41.3 Å². The first-order valence-corrected chi connectivity index (χ1v) is 14.8. The van der Waals surface area contributed by atoms with Crippen molar-refractivity contribution in [3.05, 3.63) is 52.5 Å². The Labute approximate surface area is 216 Å². The quantitative estimate of drug-likeness (QED) is 0.470. The van der Waals surface area contributed by atoms with E-state index in [1.807, 2.05) is 0 Å². The van der Waals surface area contributed by atoms with E-state index in [-0.39, 0.29) is 40.7 Å². The van der Waals surface area contributed by atoms with E-state index in [1.165, 1.54) is 17.0 Å². The molecule has 9 nitrogen and oxygen atoms in total. The molecule has 2 atom stereocenters. The minimum absolute atomic E-state index is 0.182. The summed E-state index contributed by atoms with van der Waals surface area (Å²) in [6.45, 7) is 0.0496. The van der Waals surface area contributed by atoms with Crippen LogP contribution in [0.25, 0.3) is 0 Å². The van der Waals surface area contributed by atoms with Gasteiger partial charge in [-0.3, -0.25) is 4.79 Å². The number of rotatable bonds is 6. The summed E-state index contributed by atoms with van der Waals surface area (Å²) in [5.41, 5.74) is -4.69. The number of phenolic OH excluding ortho intramolecular Hbond substituents is 1. The molecule has 1 saturated heterocycles. The molecular weight excluding hydrogens is 561 g/mol. The number of nitrogens with zero attached hydrogens (tertiary/aromatic N) is 1. The van der Waals surface area contributed by atoms with Gasteiger partial charge in [-0.15, -0.1) is 0 Å². The van der Waals surface area contributed by atoms with E-state index in [9.17, 15) is 45.0 Å². The van der Waals surface area contributed by atoms with Crippen molar-refractivity contribution in [1.29, 1.82) is 0 Å². The molecule has 15 heteroatoms. The van der Waals surface area contributed by atoms with Gasteiger partial charge in [-0.25, -0.2) is 16.8 Å². The molecule has 2 aromatic rings. The minimum Gasteiger partial charge on any atom is -0.507 e. The third-order valence-electron chi connectivity index (χ3n) is 6.04. The zero-order valence-electron chi connectivity index (χ0n) is 19.6. The Morgan fingerprint density at radius 2 is 1.70 bits per heavy atom. The maximum absolute atomic E-state index is 14.0. The highest BCUT2D eigenvalue weighted by Gasteiger charge is 2.56. The summed E-state index contributed by atoms with van der Waals surface area (Å²) < 4.78 is 90.7. The second kappa shape index (κ2) is 9.97. The van der Waals surface area contributed by atoms with E-state index in [2.05, 4.69) is 5.32 Å². The molecule has 3 rings (SSSR count). The number of para-hydroxylation sites is 1. The summed E-state index contributed by atoms with van der Waals surface area (Å²) in [5.74, 6) is -2.38. The molecule has 1 aliphatic heterocycles. The van der Waals surface area contributed by atoms with E-state index in [4.69, 9.17) is 11.6 Å². The molecule has 0 bridgehead atoms. The second-order valence-electron chi connectivity index (χ2n) is 8.80. The summed E-state index contributed by atoms with van der Waals surface area (Å²) in [6.07, 6.45) is -4.44. The van der Waals surface area contributed by atoms with Crippen LogP contribution in [0.2, 0.25) is 5.02 Å². The van der Waals surface area contributed by atoms with Crippen LogP contribution in [0.1, 0.15) is 28.9 Å². The Kier molecular flexibility index (Phi) is 7.81. The van der Waals surface area contributed by atoms with Crippen molar-refractivity contribution >= 4 is 42.9 Å². The van der Waals surface area contributed by atoms with E-state index in [0.29, 0.717) is 6.92 Å². The number of halogens is 4. The fourth-order valence-corrected chi connectivity index (χ4v) is 6.42. The molecule has 0 aliphatic carbocycles. The number of amides is 1. The summed E-state index contributed by atoms with van der Waals surface area (Å²) in [4.78, 5) is 13.8. The van der Waals surface area contributed by atoms with Crippen LogP contribution in [0.4, 0.5) is 18.9 Å². The molecule has 1 heterocycles. The highest BCUT2D eigenvalue weighted by molar-refractivity contribution is 7.91. The topological polar surface area (TPSA) is 141 Å². The molecule has 1 aliphatic rings. The molecule has 0 aromatic heterocycles. The summed E-state index contributed by atoms with van der Waals surface area (Å²) in [5, 5.41) is 22.1. The molecule has 3 N–H and O–H groups in total. The molecule has 2 unspecified atom stereocenters. The number of hydrogen-bond acceptors (Lipinski definition) is 8. The van der Waals surface area contributed by atoms with E-state index in [0.717, 1.165) is 30.5 Å². The summed E-state index contributed by atoms with van der Waals surface area (Å²) >= 11 is 6.50. The Morgan fingerprint density at radius 1 is 1.14 bits per heavy atom. The number of anilines is 1. The standard InChI is InChI=1S/C22H24ClF3N2O7S2/c1-21(31,22(24,25)26)19(27-20(30)13-5-3-4-6-15(13)29)14-7-8-16(36(2,32)33)18(17(14)23)28-9-11-37(34,35)12-10-28/h3-8,19,29,31H,9-12H2,1-2H3,(H,27,30). The van der Waals surface area contributed by atoms with Crippen LogP contribution in [-0.2, 0) is 19.7 Å². The Bertz CT molecular complexity index is 1410. The predicted molar refractivity (Wildman–Crippen MR) is 130 cm³/mol. The van der Waals surface area contributed by atoms with Crippen LogP contribution in [0.5, 0.6) is 5.75 Å². The lowest BCUT2D eigenvalue weighted by molar-refractivity contribution is -0.263. The minimum atomic E-state index is -5.29. The average molecular weight is 585 g/mol. The van der Waals surface area contributed by atoms with Gasteiger partial charge in [0.1, 0.15) is 5.75 Å². The number of nitrogens with one attached hydrogen (secondary N) is 1. The van der Waals surface area contributed by atoms with Crippen LogP contribution in [0, 0.1) is 0 Å². The maximum atomic E-state index is 14.0. The van der Waals surface area contributed by atoms with Gasteiger partial charge in [0.05, 0.1) is 38.7 Å².